The van der Waals surface area contributed by atoms with Gasteiger partial charge >= 0.3 is 5.97 Å². The quantitative estimate of drug-likeness (QED) is 0.937. The van der Waals surface area contributed by atoms with E-state index in [1.54, 1.807) is 24.5 Å². The third-order valence-electron chi connectivity index (χ3n) is 2.51. The van der Waals surface area contributed by atoms with E-state index in [0.717, 1.165) is 11.1 Å². The highest BCUT2D eigenvalue weighted by atomic mass is 79.9. The number of benzene rings is 1. The number of aryl methyl sites for hydroxylation is 1. The van der Waals surface area contributed by atoms with Crippen LogP contribution in [0.2, 0.25) is 0 Å². The second-order valence-electron chi connectivity index (χ2n) is 4.11. The van der Waals surface area contributed by atoms with Gasteiger partial charge in [0.1, 0.15) is 12.4 Å². The molecule has 5 heteroatoms. The van der Waals surface area contributed by atoms with Gasteiger partial charge in [-0.3, -0.25) is 4.98 Å². The molecule has 0 atom stereocenters. The van der Waals surface area contributed by atoms with Crippen molar-refractivity contribution >= 4 is 21.9 Å². The predicted molar refractivity (Wildman–Crippen MR) is 74.4 cm³/mol. The summed E-state index contributed by atoms with van der Waals surface area (Å²) in [6, 6.07) is 6.85. The molecule has 98 valence electrons. The molecular weight excluding hydrogens is 310 g/mol. The van der Waals surface area contributed by atoms with Gasteiger partial charge in [-0.05, 0) is 52.7 Å². The van der Waals surface area contributed by atoms with Crippen LogP contribution in [0.1, 0.15) is 21.5 Å². The van der Waals surface area contributed by atoms with Crippen molar-refractivity contribution in [1.82, 2.24) is 4.98 Å². The zero-order chi connectivity index (χ0) is 13.8. The Morgan fingerprint density at radius 1 is 1.37 bits per heavy atom. The number of carboxylic acid groups (broad SMARTS) is 1. The molecule has 0 bridgehead atoms. The van der Waals surface area contributed by atoms with Crippen molar-refractivity contribution in [3.05, 3.63) is 57.8 Å². The summed E-state index contributed by atoms with van der Waals surface area (Å²) >= 11 is 3.19. The lowest BCUT2D eigenvalue weighted by atomic mass is 10.2. The SMILES string of the molecule is Cc1cncc(COc2ccc(Br)c(C(=O)O)c2)c1. The van der Waals surface area contributed by atoms with Crippen molar-refractivity contribution in [2.24, 2.45) is 0 Å². The maximum absolute atomic E-state index is 11.0. The van der Waals surface area contributed by atoms with Gasteiger partial charge in [-0.1, -0.05) is 0 Å². The molecule has 0 spiro atoms. The first-order chi connectivity index (χ1) is 9.06. The first-order valence-corrected chi connectivity index (χ1v) is 6.42. The molecule has 2 aromatic rings. The first-order valence-electron chi connectivity index (χ1n) is 5.62. The van der Waals surface area contributed by atoms with Crippen molar-refractivity contribution in [3.8, 4) is 5.75 Å². The zero-order valence-corrected chi connectivity index (χ0v) is 11.8. The second kappa shape index (κ2) is 5.84. The number of rotatable bonds is 4. The Morgan fingerprint density at radius 2 is 2.16 bits per heavy atom. The molecule has 0 unspecified atom stereocenters. The number of hydrogen-bond donors (Lipinski definition) is 1. The van der Waals surface area contributed by atoms with Crippen molar-refractivity contribution in [2.75, 3.05) is 0 Å². The number of carbonyl (C=O) groups is 1. The minimum atomic E-state index is -0.991. The fraction of sp³-hybridized carbons (Fsp3) is 0.143. The van der Waals surface area contributed by atoms with Gasteiger partial charge in [0.05, 0.1) is 5.56 Å². The smallest absolute Gasteiger partial charge is 0.336 e. The average molecular weight is 322 g/mol. The van der Waals surface area contributed by atoms with E-state index in [0.29, 0.717) is 16.8 Å². The largest absolute Gasteiger partial charge is 0.489 e. The van der Waals surface area contributed by atoms with Gasteiger partial charge < -0.3 is 9.84 Å². The summed E-state index contributed by atoms with van der Waals surface area (Å²) in [5.41, 5.74) is 2.18. The maximum Gasteiger partial charge on any atom is 0.336 e. The molecule has 0 fully saturated rings. The molecule has 0 amide bonds. The predicted octanol–water partition coefficient (Wildman–Crippen LogP) is 3.43. The van der Waals surface area contributed by atoms with E-state index in [1.165, 1.54) is 6.07 Å². The van der Waals surface area contributed by atoms with Gasteiger partial charge in [-0.25, -0.2) is 4.79 Å². The number of halogens is 1. The molecule has 0 saturated heterocycles. The number of ether oxygens (including phenoxy) is 1. The van der Waals surface area contributed by atoms with Crippen LogP contribution in [0.5, 0.6) is 5.75 Å². The zero-order valence-electron chi connectivity index (χ0n) is 10.3. The number of carboxylic acids is 1. The van der Waals surface area contributed by atoms with Gasteiger partial charge in [0.25, 0.3) is 0 Å². The van der Waals surface area contributed by atoms with Crippen LogP contribution in [0.15, 0.2) is 41.1 Å². The van der Waals surface area contributed by atoms with Crippen molar-refractivity contribution < 1.29 is 14.6 Å². The summed E-state index contributed by atoms with van der Waals surface area (Å²) in [4.78, 5) is 15.1. The molecule has 0 aliphatic rings. The molecule has 0 aliphatic carbocycles. The van der Waals surface area contributed by atoms with Crippen molar-refractivity contribution in [2.45, 2.75) is 13.5 Å². The third kappa shape index (κ3) is 3.54. The van der Waals surface area contributed by atoms with Gasteiger partial charge in [0.15, 0.2) is 0 Å². The Kier molecular flexibility index (Phi) is 4.16. The van der Waals surface area contributed by atoms with E-state index >= 15 is 0 Å². The Morgan fingerprint density at radius 3 is 2.84 bits per heavy atom. The molecule has 2 rings (SSSR count). The molecule has 0 radical (unpaired) electrons. The lowest BCUT2D eigenvalue weighted by Gasteiger charge is -2.08. The second-order valence-corrected chi connectivity index (χ2v) is 4.96. The molecule has 0 saturated carbocycles. The standard InChI is InChI=1S/C14H12BrNO3/c1-9-4-10(7-16-6-9)8-19-11-2-3-13(15)12(5-11)14(17)18/h2-7H,8H2,1H3,(H,17,18). The minimum Gasteiger partial charge on any atom is -0.489 e. The topological polar surface area (TPSA) is 59.4 Å². The number of pyridine rings is 1. The third-order valence-corrected chi connectivity index (χ3v) is 3.20. The van der Waals surface area contributed by atoms with Crippen LogP contribution in [0.4, 0.5) is 0 Å². The van der Waals surface area contributed by atoms with E-state index in [4.69, 9.17) is 9.84 Å². The monoisotopic (exact) mass is 321 g/mol. The fourth-order valence-corrected chi connectivity index (χ4v) is 2.04. The Balaban J connectivity index is 2.12. The van der Waals surface area contributed by atoms with Crippen LogP contribution in [-0.4, -0.2) is 16.1 Å². The van der Waals surface area contributed by atoms with Gasteiger partial charge in [-0.15, -0.1) is 0 Å². The van der Waals surface area contributed by atoms with Crippen LogP contribution in [0.3, 0.4) is 0 Å². The lowest BCUT2D eigenvalue weighted by Crippen LogP contribution is -2.01. The van der Waals surface area contributed by atoms with Crippen LogP contribution in [-0.2, 0) is 6.61 Å². The Hall–Kier alpha value is -1.88. The minimum absolute atomic E-state index is 0.180. The van der Waals surface area contributed by atoms with E-state index in [9.17, 15) is 4.79 Å². The molecule has 1 aromatic carbocycles. The highest BCUT2D eigenvalue weighted by Gasteiger charge is 2.09. The van der Waals surface area contributed by atoms with E-state index in [-0.39, 0.29) is 5.56 Å². The number of nitrogens with zero attached hydrogens (tertiary/aromatic N) is 1. The van der Waals surface area contributed by atoms with Gasteiger partial charge in [0, 0.05) is 22.4 Å². The summed E-state index contributed by atoms with van der Waals surface area (Å²) in [7, 11) is 0. The fourth-order valence-electron chi connectivity index (χ4n) is 1.62. The summed E-state index contributed by atoms with van der Waals surface area (Å²) in [6.45, 7) is 2.31. The summed E-state index contributed by atoms with van der Waals surface area (Å²) in [6.07, 6.45) is 3.50. The Bertz CT molecular complexity index is 613. The average Bonchev–Trinajstić information content (AvgIpc) is 2.37. The van der Waals surface area contributed by atoms with Crippen LogP contribution in [0, 0.1) is 6.92 Å². The number of aromatic nitrogens is 1. The van der Waals surface area contributed by atoms with Crippen LogP contribution < -0.4 is 4.74 Å². The first kappa shape index (κ1) is 13.5. The highest BCUT2D eigenvalue weighted by molar-refractivity contribution is 9.10. The van der Waals surface area contributed by atoms with Crippen LogP contribution >= 0.6 is 15.9 Å². The van der Waals surface area contributed by atoms with E-state index < -0.39 is 5.97 Å². The Labute approximate surface area is 119 Å². The van der Waals surface area contributed by atoms with Crippen molar-refractivity contribution in [3.63, 3.8) is 0 Å². The molecule has 1 heterocycles. The van der Waals surface area contributed by atoms with Crippen LogP contribution in [0.25, 0.3) is 0 Å². The molecule has 0 aliphatic heterocycles. The van der Waals surface area contributed by atoms with E-state index in [2.05, 4.69) is 20.9 Å². The molecule has 1 aromatic heterocycles. The normalized spacial score (nSPS) is 10.2. The van der Waals surface area contributed by atoms with E-state index in [1.807, 2.05) is 13.0 Å². The number of hydrogen-bond acceptors (Lipinski definition) is 3. The summed E-state index contributed by atoms with van der Waals surface area (Å²) < 4.78 is 6.10. The van der Waals surface area contributed by atoms with Crippen molar-refractivity contribution in [1.29, 1.82) is 0 Å². The molecule has 1 N–H and O–H groups in total. The lowest BCUT2D eigenvalue weighted by molar-refractivity contribution is 0.0695. The molecular formula is C14H12BrNO3. The van der Waals surface area contributed by atoms with Gasteiger partial charge in [0.2, 0.25) is 0 Å². The highest BCUT2D eigenvalue weighted by Crippen LogP contribution is 2.23. The maximum atomic E-state index is 11.0. The number of aromatic carboxylic acids is 1. The molecule has 19 heavy (non-hydrogen) atoms. The summed E-state index contributed by atoms with van der Waals surface area (Å²) in [5.74, 6) is -0.475. The summed E-state index contributed by atoms with van der Waals surface area (Å²) in [5, 5.41) is 9.02. The molecule has 4 nitrogen and oxygen atoms in total. The van der Waals surface area contributed by atoms with Gasteiger partial charge in [-0.2, -0.15) is 0 Å².